The minimum atomic E-state index is 0.362. The van der Waals surface area contributed by atoms with Crippen molar-refractivity contribution in [2.75, 3.05) is 18.8 Å². The van der Waals surface area contributed by atoms with Crippen molar-refractivity contribution < 1.29 is 0 Å². The van der Waals surface area contributed by atoms with Crippen LogP contribution in [0.25, 0.3) is 11.3 Å². The maximum absolute atomic E-state index is 6.30. The Labute approximate surface area is 196 Å². The second-order valence-corrected chi connectivity index (χ2v) is 9.44. The molecule has 3 nitrogen and oxygen atoms in total. The van der Waals surface area contributed by atoms with E-state index in [1.165, 1.54) is 50.4 Å². The molecular formula is C29H43N3. The molecule has 0 spiro atoms. The summed E-state index contributed by atoms with van der Waals surface area (Å²) in [6.45, 7) is 19.4. The van der Waals surface area contributed by atoms with E-state index < -0.39 is 0 Å². The average Bonchev–Trinajstić information content (AvgIpc) is 2.82. The number of nitrogens with two attached hydrogens (primary N) is 1. The summed E-state index contributed by atoms with van der Waals surface area (Å²) in [4.78, 5) is 4.71. The molecule has 174 valence electrons. The van der Waals surface area contributed by atoms with E-state index in [9.17, 15) is 0 Å². The minimum absolute atomic E-state index is 0.362. The number of aliphatic imine (C=N–C) groups is 1. The van der Waals surface area contributed by atoms with Crippen molar-refractivity contribution in [3.05, 3.63) is 63.8 Å². The molecule has 1 aliphatic heterocycles. The Hall–Kier alpha value is -2.55. The van der Waals surface area contributed by atoms with Crippen LogP contribution in [0.1, 0.15) is 85.8 Å². The standard InChI is InChI=1S/C29H43N3/c1-9-20(4)16-25(17-22(6)24(8)19(2)3)27-11-10-26(30)18-28(27)29-21(5)12-14-31-23(7)13-15-32-29/h10-11,16-18,22,32H,9,12-15,30H2,1-8H3/b20-16+,25-17+,29-21+,31-23-. The number of hydrogen-bond acceptors (Lipinski definition) is 3. The van der Waals surface area contributed by atoms with Gasteiger partial charge in [0.05, 0.1) is 0 Å². The van der Waals surface area contributed by atoms with Crippen LogP contribution < -0.4 is 11.1 Å². The quantitative estimate of drug-likeness (QED) is 0.276. The van der Waals surface area contributed by atoms with Gasteiger partial charge in [0.2, 0.25) is 0 Å². The molecule has 2 rings (SSSR count). The molecule has 0 fully saturated rings. The number of rotatable bonds is 6. The van der Waals surface area contributed by atoms with Gasteiger partial charge in [-0.25, -0.2) is 0 Å². The molecule has 1 heterocycles. The third-order valence-corrected chi connectivity index (χ3v) is 6.57. The summed E-state index contributed by atoms with van der Waals surface area (Å²) < 4.78 is 0. The smallest absolute Gasteiger partial charge is 0.0426 e. The Kier molecular flexibility index (Phi) is 9.56. The Balaban J connectivity index is 2.69. The zero-order chi connectivity index (χ0) is 23.8. The van der Waals surface area contributed by atoms with Crippen LogP contribution in [0.5, 0.6) is 0 Å². The van der Waals surface area contributed by atoms with E-state index in [-0.39, 0.29) is 0 Å². The van der Waals surface area contributed by atoms with E-state index in [1.807, 2.05) is 6.07 Å². The summed E-state index contributed by atoms with van der Waals surface area (Å²) in [5.41, 5.74) is 18.7. The van der Waals surface area contributed by atoms with E-state index >= 15 is 0 Å². The Morgan fingerprint density at radius 3 is 2.53 bits per heavy atom. The molecule has 0 aromatic heterocycles. The van der Waals surface area contributed by atoms with Gasteiger partial charge in [-0.1, -0.05) is 48.8 Å². The molecule has 0 amide bonds. The van der Waals surface area contributed by atoms with Crippen LogP contribution in [0.2, 0.25) is 0 Å². The van der Waals surface area contributed by atoms with E-state index in [4.69, 9.17) is 10.7 Å². The molecule has 3 heteroatoms. The Morgan fingerprint density at radius 1 is 1.16 bits per heavy atom. The molecular weight excluding hydrogens is 390 g/mol. The molecule has 0 radical (unpaired) electrons. The highest BCUT2D eigenvalue weighted by Gasteiger charge is 2.16. The lowest BCUT2D eigenvalue weighted by molar-refractivity contribution is 0.845. The van der Waals surface area contributed by atoms with Gasteiger partial charge in [0.1, 0.15) is 0 Å². The van der Waals surface area contributed by atoms with Crippen molar-refractivity contribution in [1.29, 1.82) is 0 Å². The van der Waals surface area contributed by atoms with Gasteiger partial charge in [-0.3, -0.25) is 4.99 Å². The Bertz CT molecular complexity index is 966. The van der Waals surface area contributed by atoms with Crippen molar-refractivity contribution >= 4 is 22.7 Å². The minimum Gasteiger partial charge on any atom is -0.399 e. The monoisotopic (exact) mass is 433 g/mol. The van der Waals surface area contributed by atoms with E-state index in [0.29, 0.717) is 5.92 Å². The van der Waals surface area contributed by atoms with Gasteiger partial charge in [-0.15, -0.1) is 0 Å². The fourth-order valence-corrected chi connectivity index (χ4v) is 3.92. The lowest BCUT2D eigenvalue weighted by atomic mass is 9.89. The predicted molar refractivity (Wildman–Crippen MR) is 144 cm³/mol. The molecule has 1 atom stereocenters. The van der Waals surface area contributed by atoms with Crippen LogP contribution in [-0.4, -0.2) is 18.8 Å². The molecule has 32 heavy (non-hydrogen) atoms. The molecule has 1 aromatic rings. The van der Waals surface area contributed by atoms with Gasteiger partial charge in [0, 0.05) is 42.2 Å². The zero-order valence-electron chi connectivity index (χ0n) is 21.5. The van der Waals surface area contributed by atoms with Gasteiger partial charge in [-0.05, 0) is 89.1 Å². The fraction of sp³-hybridized carbons (Fsp3) is 0.483. The number of allylic oxidation sites excluding steroid dienone is 6. The van der Waals surface area contributed by atoms with Gasteiger partial charge in [-0.2, -0.15) is 0 Å². The second kappa shape index (κ2) is 11.9. The van der Waals surface area contributed by atoms with Crippen molar-refractivity contribution in [2.24, 2.45) is 10.9 Å². The molecule has 0 aliphatic carbocycles. The number of nitrogen functional groups attached to an aromatic ring is 1. The number of hydrogen-bond donors (Lipinski definition) is 2. The number of anilines is 1. The summed E-state index contributed by atoms with van der Waals surface area (Å²) in [5, 5.41) is 3.73. The maximum Gasteiger partial charge on any atom is 0.0426 e. The van der Waals surface area contributed by atoms with Gasteiger partial charge in [0.15, 0.2) is 0 Å². The molecule has 1 aromatic carbocycles. The predicted octanol–water partition coefficient (Wildman–Crippen LogP) is 7.58. The Morgan fingerprint density at radius 2 is 1.88 bits per heavy atom. The highest BCUT2D eigenvalue weighted by atomic mass is 14.9. The van der Waals surface area contributed by atoms with E-state index in [0.717, 1.165) is 38.0 Å². The summed E-state index contributed by atoms with van der Waals surface area (Å²) >= 11 is 0. The van der Waals surface area contributed by atoms with Crippen molar-refractivity contribution in [2.45, 2.75) is 74.7 Å². The third kappa shape index (κ3) is 6.98. The molecule has 3 N–H and O–H groups in total. The summed E-state index contributed by atoms with van der Waals surface area (Å²) in [6, 6.07) is 6.35. The van der Waals surface area contributed by atoms with Crippen LogP contribution >= 0.6 is 0 Å². The van der Waals surface area contributed by atoms with Gasteiger partial charge < -0.3 is 11.1 Å². The number of nitrogens with zero attached hydrogens (tertiary/aromatic N) is 1. The molecule has 0 saturated heterocycles. The average molecular weight is 434 g/mol. The lowest BCUT2D eigenvalue weighted by Gasteiger charge is -2.21. The highest BCUT2D eigenvalue weighted by molar-refractivity contribution is 5.87. The van der Waals surface area contributed by atoms with Crippen LogP contribution in [0.3, 0.4) is 0 Å². The first-order valence-corrected chi connectivity index (χ1v) is 12.0. The van der Waals surface area contributed by atoms with Crippen molar-refractivity contribution in [3.8, 4) is 0 Å². The first-order chi connectivity index (χ1) is 15.1. The highest BCUT2D eigenvalue weighted by Crippen LogP contribution is 2.33. The second-order valence-electron chi connectivity index (χ2n) is 9.44. The van der Waals surface area contributed by atoms with Crippen molar-refractivity contribution in [1.82, 2.24) is 5.32 Å². The molecule has 1 unspecified atom stereocenters. The van der Waals surface area contributed by atoms with Crippen LogP contribution in [0, 0.1) is 5.92 Å². The van der Waals surface area contributed by atoms with Crippen LogP contribution in [-0.2, 0) is 0 Å². The first-order valence-electron chi connectivity index (χ1n) is 12.0. The first kappa shape index (κ1) is 25.7. The summed E-state index contributed by atoms with van der Waals surface area (Å²) in [7, 11) is 0. The van der Waals surface area contributed by atoms with Gasteiger partial charge >= 0.3 is 0 Å². The fourth-order valence-electron chi connectivity index (χ4n) is 3.92. The van der Waals surface area contributed by atoms with Gasteiger partial charge in [0.25, 0.3) is 0 Å². The lowest BCUT2D eigenvalue weighted by Crippen LogP contribution is -2.18. The van der Waals surface area contributed by atoms with Crippen LogP contribution in [0.15, 0.2) is 57.6 Å². The maximum atomic E-state index is 6.30. The SMILES string of the molecule is CC/C(C)=C/C(=C\C(C)C(C)=C(C)C)c1ccc(N)cc1/C1=C(/C)CC/N=C(/C)CCN1. The van der Waals surface area contributed by atoms with Crippen molar-refractivity contribution in [3.63, 3.8) is 0 Å². The van der Waals surface area contributed by atoms with Crippen LogP contribution in [0.4, 0.5) is 5.69 Å². The van der Waals surface area contributed by atoms with E-state index in [2.05, 4.69) is 85.0 Å². The summed E-state index contributed by atoms with van der Waals surface area (Å²) in [6.07, 6.45) is 7.71. The molecule has 0 saturated carbocycles. The molecule has 0 bridgehead atoms. The topological polar surface area (TPSA) is 50.4 Å². The number of benzene rings is 1. The van der Waals surface area contributed by atoms with E-state index in [1.54, 1.807) is 0 Å². The summed E-state index contributed by atoms with van der Waals surface area (Å²) in [5.74, 6) is 0.362. The third-order valence-electron chi connectivity index (χ3n) is 6.57. The zero-order valence-corrected chi connectivity index (χ0v) is 21.5. The largest absolute Gasteiger partial charge is 0.399 e. The number of nitrogens with one attached hydrogen (secondary N) is 1. The normalized spacial score (nSPS) is 20.9. The molecule has 1 aliphatic rings.